The van der Waals surface area contributed by atoms with Gasteiger partial charge in [-0.15, -0.1) is 0 Å². The van der Waals surface area contributed by atoms with Gasteiger partial charge in [0, 0.05) is 13.0 Å². The predicted molar refractivity (Wildman–Crippen MR) is 96.6 cm³/mol. The van der Waals surface area contributed by atoms with Crippen LogP contribution in [0.25, 0.3) is 0 Å². The number of fused-ring (bicyclic) bond motifs is 1. The van der Waals surface area contributed by atoms with E-state index < -0.39 is 18.0 Å². The number of hydrogen-bond acceptors (Lipinski definition) is 6. The fourth-order valence-electron chi connectivity index (χ4n) is 3.74. The summed E-state index contributed by atoms with van der Waals surface area (Å²) in [5.41, 5.74) is 1.08. The SMILES string of the molecule is O=C(N[C@@H](Cc1ccc(O)cc1)C(=O)N1CC[C@H]2OCC(=O)[C@H]21)c1ccoc1. The molecule has 2 amide bonds. The number of likely N-dealkylation sites (tertiary alicyclic amines) is 1. The Balaban J connectivity index is 1.56. The van der Waals surface area contributed by atoms with Crippen LogP contribution in [0.1, 0.15) is 22.3 Å². The third-order valence-corrected chi connectivity index (χ3v) is 5.16. The highest BCUT2D eigenvalue weighted by Gasteiger charge is 2.48. The molecule has 0 spiro atoms. The summed E-state index contributed by atoms with van der Waals surface area (Å²) in [6.45, 7) is 0.427. The first-order valence-electron chi connectivity index (χ1n) is 9.08. The highest BCUT2D eigenvalue weighted by molar-refractivity contribution is 5.99. The number of carbonyl (C=O) groups is 3. The highest BCUT2D eigenvalue weighted by Crippen LogP contribution is 2.28. The molecule has 0 saturated carbocycles. The minimum absolute atomic E-state index is 0.0170. The van der Waals surface area contributed by atoms with Crippen molar-refractivity contribution in [3.05, 3.63) is 54.0 Å². The normalized spacial score (nSPS) is 22.1. The van der Waals surface area contributed by atoms with Gasteiger partial charge in [-0.25, -0.2) is 0 Å². The van der Waals surface area contributed by atoms with Gasteiger partial charge in [-0.05, 0) is 30.2 Å². The van der Waals surface area contributed by atoms with Crippen LogP contribution in [0.3, 0.4) is 0 Å². The molecular weight excluding hydrogens is 364 g/mol. The zero-order valence-corrected chi connectivity index (χ0v) is 15.0. The molecule has 8 nitrogen and oxygen atoms in total. The number of ether oxygens (including phenoxy) is 1. The van der Waals surface area contributed by atoms with Crippen molar-refractivity contribution >= 4 is 17.6 Å². The second-order valence-electron chi connectivity index (χ2n) is 6.99. The van der Waals surface area contributed by atoms with E-state index in [0.29, 0.717) is 18.5 Å². The molecule has 2 N–H and O–H groups in total. The Labute approximate surface area is 161 Å². The monoisotopic (exact) mass is 384 g/mol. The fraction of sp³-hybridized carbons (Fsp3) is 0.350. The van der Waals surface area contributed by atoms with Crippen molar-refractivity contribution in [2.75, 3.05) is 13.2 Å². The number of carbonyl (C=O) groups excluding carboxylic acids is 3. The number of hydrogen-bond donors (Lipinski definition) is 2. The highest BCUT2D eigenvalue weighted by atomic mass is 16.5. The van der Waals surface area contributed by atoms with E-state index in [-0.39, 0.29) is 36.6 Å². The van der Waals surface area contributed by atoms with Gasteiger partial charge in [-0.2, -0.15) is 0 Å². The molecule has 4 rings (SSSR count). The van der Waals surface area contributed by atoms with Crippen LogP contribution >= 0.6 is 0 Å². The van der Waals surface area contributed by atoms with E-state index in [0.717, 1.165) is 5.56 Å². The van der Waals surface area contributed by atoms with Gasteiger partial charge >= 0.3 is 0 Å². The standard InChI is InChI=1S/C20H20N2O6/c23-14-3-1-12(2-4-14)9-15(21-19(25)13-6-8-27-10-13)20(26)22-7-5-17-18(22)16(24)11-28-17/h1-4,6,8,10,15,17-18,23H,5,7,9,11H2,(H,21,25)/t15-,17+,18+/m0/s1. The lowest BCUT2D eigenvalue weighted by Gasteiger charge is -2.27. The number of nitrogens with zero attached hydrogens (tertiary/aromatic N) is 1. The van der Waals surface area contributed by atoms with Gasteiger partial charge in [-0.1, -0.05) is 12.1 Å². The molecule has 0 aliphatic carbocycles. The molecule has 3 heterocycles. The molecule has 2 aliphatic heterocycles. The summed E-state index contributed by atoms with van der Waals surface area (Å²) in [4.78, 5) is 39.4. The van der Waals surface area contributed by atoms with Gasteiger partial charge in [0.05, 0.1) is 17.9 Å². The maximum atomic E-state index is 13.2. The number of amides is 2. The van der Waals surface area contributed by atoms with Crippen LogP contribution in [0.4, 0.5) is 0 Å². The average Bonchev–Trinajstić information content (AvgIpc) is 3.42. The summed E-state index contributed by atoms with van der Waals surface area (Å²) in [5, 5.41) is 12.2. The molecular formula is C20H20N2O6. The Morgan fingerprint density at radius 1 is 1.25 bits per heavy atom. The first-order chi connectivity index (χ1) is 13.5. The minimum atomic E-state index is -0.862. The number of Topliss-reactive ketones (excluding diaryl/α,β-unsaturated/α-hetero) is 1. The molecule has 3 atom stereocenters. The topological polar surface area (TPSA) is 109 Å². The second kappa shape index (κ2) is 7.47. The summed E-state index contributed by atoms with van der Waals surface area (Å²) >= 11 is 0. The van der Waals surface area contributed by atoms with E-state index in [1.807, 2.05) is 0 Å². The van der Waals surface area contributed by atoms with Gasteiger partial charge < -0.3 is 24.5 Å². The molecule has 1 aromatic heterocycles. The molecule has 0 bridgehead atoms. The van der Waals surface area contributed by atoms with Crippen LogP contribution in [-0.2, 0) is 20.7 Å². The number of phenolic OH excluding ortho intramolecular Hbond substituents is 1. The number of rotatable bonds is 5. The average molecular weight is 384 g/mol. The number of ketones is 1. The van der Waals surface area contributed by atoms with Gasteiger partial charge in [0.25, 0.3) is 5.91 Å². The first-order valence-corrected chi connectivity index (χ1v) is 9.08. The molecule has 2 aromatic rings. The van der Waals surface area contributed by atoms with Gasteiger partial charge in [-0.3, -0.25) is 14.4 Å². The molecule has 1 aromatic carbocycles. The lowest BCUT2D eigenvalue weighted by molar-refractivity contribution is -0.138. The van der Waals surface area contributed by atoms with Gasteiger partial charge in [0.2, 0.25) is 5.91 Å². The van der Waals surface area contributed by atoms with E-state index in [4.69, 9.17) is 9.15 Å². The van der Waals surface area contributed by atoms with Crippen LogP contribution < -0.4 is 5.32 Å². The van der Waals surface area contributed by atoms with Crippen molar-refractivity contribution in [2.45, 2.75) is 31.0 Å². The molecule has 146 valence electrons. The van der Waals surface area contributed by atoms with Crippen molar-refractivity contribution in [2.24, 2.45) is 0 Å². The number of furan rings is 1. The number of phenols is 1. The van der Waals surface area contributed by atoms with E-state index >= 15 is 0 Å². The van der Waals surface area contributed by atoms with E-state index in [2.05, 4.69) is 5.32 Å². The minimum Gasteiger partial charge on any atom is -0.508 e. The van der Waals surface area contributed by atoms with Crippen molar-refractivity contribution in [1.29, 1.82) is 0 Å². The number of nitrogens with one attached hydrogen (secondary N) is 1. The lowest BCUT2D eigenvalue weighted by atomic mass is 10.0. The molecule has 0 unspecified atom stereocenters. The van der Waals surface area contributed by atoms with E-state index in [1.165, 1.54) is 35.6 Å². The molecule has 8 heteroatoms. The van der Waals surface area contributed by atoms with Gasteiger partial charge in [0.1, 0.15) is 30.7 Å². The zero-order chi connectivity index (χ0) is 19.7. The third kappa shape index (κ3) is 3.50. The fourth-order valence-corrected chi connectivity index (χ4v) is 3.74. The maximum absolute atomic E-state index is 13.2. The van der Waals surface area contributed by atoms with Crippen molar-refractivity contribution < 1.29 is 28.6 Å². The smallest absolute Gasteiger partial charge is 0.255 e. The Bertz CT molecular complexity index is 877. The maximum Gasteiger partial charge on any atom is 0.255 e. The lowest BCUT2D eigenvalue weighted by Crippen LogP contribution is -2.53. The predicted octanol–water partition coefficient (Wildman–Crippen LogP) is 0.895. The quantitative estimate of drug-likeness (QED) is 0.793. The largest absolute Gasteiger partial charge is 0.508 e. The van der Waals surface area contributed by atoms with Crippen molar-refractivity contribution in [3.8, 4) is 5.75 Å². The second-order valence-corrected chi connectivity index (χ2v) is 6.99. The first kappa shape index (κ1) is 18.2. The summed E-state index contributed by atoms with van der Waals surface area (Å²) < 4.78 is 10.4. The third-order valence-electron chi connectivity index (χ3n) is 5.16. The van der Waals surface area contributed by atoms with Crippen LogP contribution in [0.15, 0.2) is 47.3 Å². The number of benzene rings is 1. The van der Waals surface area contributed by atoms with E-state index in [9.17, 15) is 19.5 Å². The molecule has 0 radical (unpaired) electrons. The zero-order valence-electron chi connectivity index (χ0n) is 15.0. The van der Waals surface area contributed by atoms with Gasteiger partial charge in [0.15, 0.2) is 5.78 Å². The Morgan fingerprint density at radius 3 is 2.75 bits per heavy atom. The molecule has 2 fully saturated rings. The summed E-state index contributed by atoms with van der Waals surface area (Å²) in [7, 11) is 0. The summed E-state index contributed by atoms with van der Waals surface area (Å²) in [6, 6.07) is 6.49. The Hall–Kier alpha value is -3.13. The molecule has 28 heavy (non-hydrogen) atoms. The summed E-state index contributed by atoms with van der Waals surface area (Å²) in [5.74, 6) is -0.752. The van der Waals surface area contributed by atoms with Crippen LogP contribution in [0, 0.1) is 0 Å². The van der Waals surface area contributed by atoms with Crippen LogP contribution in [0.5, 0.6) is 5.75 Å². The molecule has 2 saturated heterocycles. The van der Waals surface area contributed by atoms with E-state index in [1.54, 1.807) is 12.1 Å². The van der Waals surface area contributed by atoms with Crippen LogP contribution in [-0.4, -0.2) is 58.9 Å². The Morgan fingerprint density at radius 2 is 2.04 bits per heavy atom. The van der Waals surface area contributed by atoms with Crippen molar-refractivity contribution in [1.82, 2.24) is 10.2 Å². The van der Waals surface area contributed by atoms with Crippen molar-refractivity contribution in [3.63, 3.8) is 0 Å². The molecule has 2 aliphatic rings. The van der Waals surface area contributed by atoms with Crippen LogP contribution in [0.2, 0.25) is 0 Å². The Kier molecular flexibility index (Phi) is 4.87. The number of aromatic hydroxyl groups is 1. The summed E-state index contributed by atoms with van der Waals surface area (Å²) in [6.07, 6.45) is 3.24.